The molecule has 0 unspecified atom stereocenters. The predicted octanol–water partition coefficient (Wildman–Crippen LogP) is 3.91. The lowest BCUT2D eigenvalue weighted by molar-refractivity contribution is -0.146. The summed E-state index contributed by atoms with van der Waals surface area (Å²) in [5.41, 5.74) is 3.61. The highest BCUT2D eigenvalue weighted by Gasteiger charge is 2.51. The minimum absolute atomic E-state index is 0.161. The molecule has 1 aliphatic rings. The van der Waals surface area contributed by atoms with Gasteiger partial charge in [0.1, 0.15) is 11.9 Å². The average molecular weight is 400 g/mol. The van der Waals surface area contributed by atoms with Gasteiger partial charge in [0.05, 0.1) is 25.1 Å². The van der Waals surface area contributed by atoms with Crippen molar-refractivity contribution < 1.29 is 14.3 Å². The first-order chi connectivity index (χ1) is 14.6. The number of carbonyl (C=O) groups excluding carboxylic acids is 1. The number of nitriles is 1. The molecule has 3 atom stereocenters. The maximum Gasteiger partial charge on any atom is 0.228 e. The fraction of sp³-hybridized carbons (Fsp3) is 0.200. The van der Waals surface area contributed by atoms with Crippen LogP contribution in [0.4, 0.5) is 4.39 Å². The third-order valence-electron chi connectivity index (χ3n) is 5.69. The fourth-order valence-corrected chi connectivity index (χ4v) is 4.15. The number of aliphatic hydroxyl groups is 1. The Hall–Kier alpha value is -3.49. The second-order valence-electron chi connectivity index (χ2n) is 7.44. The van der Waals surface area contributed by atoms with Crippen LogP contribution in [0.2, 0.25) is 0 Å². The highest BCUT2D eigenvalue weighted by Crippen LogP contribution is 2.41. The van der Waals surface area contributed by atoms with Gasteiger partial charge in [-0.3, -0.25) is 4.79 Å². The summed E-state index contributed by atoms with van der Waals surface area (Å²) in [5.74, 6) is -0.694. The summed E-state index contributed by atoms with van der Waals surface area (Å²) in [6, 6.07) is 24.5. The number of nitrogens with zero attached hydrogens (tertiary/aromatic N) is 2. The van der Waals surface area contributed by atoms with Crippen molar-refractivity contribution in [1.82, 2.24) is 4.90 Å². The zero-order valence-electron chi connectivity index (χ0n) is 16.3. The van der Waals surface area contributed by atoms with Crippen molar-refractivity contribution in [2.24, 2.45) is 0 Å². The number of carbonyl (C=O) groups is 1. The van der Waals surface area contributed by atoms with Gasteiger partial charge in [-0.15, -0.1) is 0 Å². The number of benzene rings is 3. The maximum atomic E-state index is 13.1. The molecule has 1 fully saturated rings. The summed E-state index contributed by atoms with van der Waals surface area (Å²) in [4.78, 5) is 14.3. The smallest absolute Gasteiger partial charge is 0.228 e. The maximum absolute atomic E-state index is 13.1. The molecule has 1 saturated heterocycles. The minimum atomic E-state index is -0.616. The van der Waals surface area contributed by atoms with Crippen LogP contribution >= 0.6 is 0 Å². The van der Waals surface area contributed by atoms with E-state index in [2.05, 4.69) is 6.07 Å². The Balaban J connectivity index is 1.53. The molecule has 3 aromatic rings. The highest BCUT2D eigenvalue weighted by molar-refractivity contribution is 5.81. The Morgan fingerprint density at radius 3 is 2.13 bits per heavy atom. The third kappa shape index (κ3) is 3.70. The van der Waals surface area contributed by atoms with Crippen molar-refractivity contribution in [3.05, 3.63) is 95.8 Å². The molecule has 0 aromatic heterocycles. The molecular formula is C25H21FN2O2. The summed E-state index contributed by atoms with van der Waals surface area (Å²) in [6.45, 7) is -0.205. The summed E-state index contributed by atoms with van der Waals surface area (Å²) < 4.78 is 13.1. The van der Waals surface area contributed by atoms with Crippen LogP contribution in [0.15, 0.2) is 78.9 Å². The molecule has 1 aliphatic heterocycles. The van der Waals surface area contributed by atoms with Crippen molar-refractivity contribution >= 4 is 5.91 Å². The van der Waals surface area contributed by atoms with E-state index >= 15 is 0 Å². The Bertz CT molecular complexity index is 1060. The highest BCUT2D eigenvalue weighted by atomic mass is 19.1. The monoisotopic (exact) mass is 400 g/mol. The minimum Gasteiger partial charge on any atom is -0.394 e. The van der Waals surface area contributed by atoms with E-state index in [1.807, 2.05) is 54.6 Å². The number of rotatable bonds is 5. The zero-order valence-corrected chi connectivity index (χ0v) is 16.3. The molecule has 1 amide bonds. The lowest BCUT2D eigenvalue weighted by atomic mass is 9.75. The first-order valence-corrected chi connectivity index (χ1v) is 9.84. The van der Waals surface area contributed by atoms with Crippen LogP contribution in [-0.4, -0.2) is 34.6 Å². The number of likely N-dealkylation sites (tertiary alicyclic amines) is 1. The topological polar surface area (TPSA) is 64.3 Å². The summed E-state index contributed by atoms with van der Waals surface area (Å²) in [6.07, 6.45) is 0.200. The van der Waals surface area contributed by atoms with E-state index in [9.17, 15) is 19.6 Å². The van der Waals surface area contributed by atoms with Gasteiger partial charge in [0.2, 0.25) is 5.91 Å². The summed E-state index contributed by atoms with van der Waals surface area (Å²) in [5, 5.41) is 19.7. The average Bonchev–Trinajstić information content (AvgIpc) is 2.75. The Kier molecular flexibility index (Phi) is 5.60. The van der Waals surface area contributed by atoms with Crippen LogP contribution in [0.25, 0.3) is 11.1 Å². The van der Waals surface area contributed by atoms with E-state index in [1.54, 1.807) is 12.1 Å². The molecule has 4 rings (SSSR count). The van der Waals surface area contributed by atoms with Gasteiger partial charge in [0.15, 0.2) is 0 Å². The van der Waals surface area contributed by atoms with Crippen LogP contribution in [0.5, 0.6) is 0 Å². The number of hydrogen-bond donors (Lipinski definition) is 1. The lowest BCUT2D eigenvalue weighted by Gasteiger charge is -2.51. The Labute approximate surface area is 174 Å². The standard InChI is InChI=1S/C25H21FN2O2/c26-21-12-10-19(11-13-21)18-6-8-20(9-7-18)25-22(15-27)28(23(25)16-29)24(30)14-17-4-2-1-3-5-17/h1-13,22-23,25,29H,14,16H2/t22-,23-,25+/m0/s1. The number of halogens is 1. The molecule has 1 N–H and O–H groups in total. The molecule has 5 heteroatoms. The molecule has 150 valence electrons. The quantitative estimate of drug-likeness (QED) is 0.706. The molecule has 30 heavy (non-hydrogen) atoms. The van der Waals surface area contributed by atoms with Gasteiger partial charge in [0.25, 0.3) is 0 Å². The number of amides is 1. The second kappa shape index (κ2) is 8.48. The third-order valence-corrected chi connectivity index (χ3v) is 5.69. The van der Waals surface area contributed by atoms with Gasteiger partial charge < -0.3 is 10.0 Å². The zero-order chi connectivity index (χ0) is 21.1. The largest absolute Gasteiger partial charge is 0.394 e. The van der Waals surface area contributed by atoms with Crippen molar-refractivity contribution in [2.45, 2.75) is 24.4 Å². The summed E-state index contributed by atoms with van der Waals surface area (Å²) >= 11 is 0. The van der Waals surface area contributed by atoms with E-state index in [0.717, 1.165) is 22.3 Å². The van der Waals surface area contributed by atoms with Crippen LogP contribution in [0, 0.1) is 17.1 Å². The van der Waals surface area contributed by atoms with Crippen molar-refractivity contribution in [2.75, 3.05) is 6.61 Å². The molecule has 0 spiro atoms. The van der Waals surface area contributed by atoms with Crippen LogP contribution in [0.1, 0.15) is 17.0 Å². The first-order valence-electron chi connectivity index (χ1n) is 9.84. The van der Waals surface area contributed by atoms with Gasteiger partial charge in [-0.05, 0) is 34.4 Å². The fourth-order valence-electron chi connectivity index (χ4n) is 4.15. The number of aliphatic hydroxyl groups excluding tert-OH is 1. The first kappa shape index (κ1) is 19.8. The Morgan fingerprint density at radius 1 is 0.967 bits per heavy atom. The van der Waals surface area contributed by atoms with E-state index in [-0.39, 0.29) is 30.7 Å². The van der Waals surface area contributed by atoms with E-state index < -0.39 is 12.1 Å². The molecule has 0 saturated carbocycles. The molecule has 1 heterocycles. The van der Waals surface area contributed by atoms with Crippen molar-refractivity contribution in [1.29, 1.82) is 5.26 Å². The molecular weight excluding hydrogens is 379 g/mol. The van der Waals surface area contributed by atoms with Crippen LogP contribution in [0.3, 0.4) is 0 Å². The second-order valence-corrected chi connectivity index (χ2v) is 7.44. The van der Waals surface area contributed by atoms with Crippen molar-refractivity contribution in [3.8, 4) is 17.2 Å². The lowest BCUT2D eigenvalue weighted by Crippen LogP contribution is -2.65. The van der Waals surface area contributed by atoms with Crippen LogP contribution < -0.4 is 0 Å². The molecule has 0 radical (unpaired) electrons. The van der Waals surface area contributed by atoms with Gasteiger partial charge in [-0.2, -0.15) is 5.26 Å². The predicted molar refractivity (Wildman–Crippen MR) is 112 cm³/mol. The van der Waals surface area contributed by atoms with Gasteiger partial charge in [-0.25, -0.2) is 4.39 Å². The van der Waals surface area contributed by atoms with Crippen LogP contribution in [-0.2, 0) is 11.2 Å². The molecule has 0 bridgehead atoms. The molecule has 0 aliphatic carbocycles. The van der Waals surface area contributed by atoms with E-state index in [4.69, 9.17) is 0 Å². The Morgan fingerprint density at radius 2 is 1.57 bits per heavy atom. The molecule has 3 aromatic carbocycles. The number of hydrogen-bond acceptors (Lipinski definition) is 3. The summed E-state index contributed by atoms with van der Waals surface area (Å²) in [7, 11) is 0. The van der Waals surface area contributed by atoms with Crippen molar-refractivity contribution in [3.63, 3.8) is 0 Å². The van der Waals surface area contributed by atoms with E-state index in [1.165, 1.54) is 17.0 Å². The normalized spacial score (nSPS) is 20.3. The van der Waals surface area contributed by atoms with Gasteiger partial charge in [0, 0.05) is 5.92 Å². The molecule has 4 nitrogen and oxygen atoms in total. The van der Waals surface area contributed by atoms with Gasteiger partial charge >= 0.3 is 0 Å². The SMILES string of the molecule is N#C[C@H]1[C@@H](c2ccc(-c3ccc(F)cc3)cc2)[C@H](CO)N1C(=O)Cc1ccccc1. The van der Waals surface area contributed by atoms with Gasteiger partial charge in [-0.1, -0.05) is 66.7 Å². The van der Waals surface area contributed by atoms with E-state index in [0.29, 0.717) is 0 Å².